The topological polar surface area (TPSA) is 90.1 Å². The number of carbonyl (C=O) groups excluding carboxylic acids is 1. The summed E-state index contributed by atoms with van der Waals surface area (Å²) in [5.41, 5.74) is 2.52. The Bertz CT molecular complexity index is 784. The molecule has 1 saturated carbocycles. The summed E-state index contributed by atoms with van der Waals surface area (Å²) in [6.07, 6.45) is 3.01. The molecule has 1 saturated heterocycles. The number of rotatable bonds is 5. The lowest BCUT2D eigenvalue weighted by Gasteiger charge is -2.16. The van der Waals surface area contributed by atoms with Crippen molar-refractivity contribution in [3.8, 4) is 0 Å². The van der Waals surface area contributed by atoms with Crippen molar-refractivity contribution >= 4 is 5.91 Å². The third kappa shape index (κ3) is 3.42. The Morgan fingerprint density at radius 1 is 1.24 bits per heavy atom. The molecule has 4 rings (SSSR count). The zero-order valence-electron chi connectivity index (χ0n) is 14.5. The van der Waals surface area contributed by atoms with E-state index in [-0.39, 0.29) is 17.9 Å². The molecule has 2 atom stereocenters. The summed E-state index contributed by atoms with van der Waals surface area (Å²) in [6.45, 7) is 4.81. The minimum Gasteiger partial charge on any atom is -0.368 e. The van der Waals surface area contributed by atoms with Gasteiger partial charge in [0.05, 0.1) is 11.3 Å². The van der Waals surface area contributed by atoms with E-state index in [1.165, 1.54) is 12.8 Å². The largest absolute Gasteiger partial charge is 0.368 e. The highest BCUT2D eigenvalue weighted by molar-refractivity contribution is 5.95. The molecule has 0 unspecified atom stereocenters. The number of hydrogen-bond acceptors (Lipinski definition) is 6. The highest BCUT2D eigenvalue weighted by Crippen LogP contribution is 2.39. The van der Waals surface area contributed by atoms with Crippen LogP contribution in [0, 0.1) is 19.8 Å². The normalized spacial score (nSPS) is 23.0. The zero-order chi connectivity index (χ0) is 17.4. The van der Waals surface area contributed by atoms with Crippen LogP contribution in [0.3, 0.4) is 0 Å². The van der Waals surface area contributed by atoms with Gasteiger partial charge in [0.2, 0.25) is 0 Å². The second-order valence-corrected chi connectivity index (χ2v) is 6.87. The molecule has 0 bridgehead atoms. The SMILES string of the molecule is Cc1noc([C@H]2OCC[C@H]2CNC(=O)c2ccc(C3CC3)nc2C)n1. The lowest BCUT2D eigenvalue weighted by atomic mass is 10.0. The Morgan fingerprint density at radius 2 is 2.08 bits per heavy atom. The van der Waals surface area contributed by atoms with Crippen molar-refractivity contribution in [3.63, 3.8) is 0 Å². The lowest BCUT2D eigenvalue weighted by Crippen LogP contribution is -2.31. The highest BCUT2D eigenvalue weighted by atomic mass is 16.5. The summed E-state index contributed by atoms with van der Waals surface area (Å²) in [5.74, 6) is 1.69. The quantitative estimate of drug-likeness (QED) is 0.898. The molecule has 1 aliphatic heterocycles. The van der Waals surface area contributed by atoms with Crippen molar-refractivity contribution in [2.24, 2.45) is 5.92 Å². The Hall–Kier alpha value is -2.28. The molecule has 1 amide bonds. The maximum atomic E-state index is 12.5. The third-order valence-electron chi connectivity index (χ3n) is 4.87. The molecule has 25 heavy (non-hydrogen) atoms. The molecule has 2 aliphatic rings. The molecule has 0 radical (unpaired) electrons. The number of ether oxygens (including phenoxy) is 1. The standard InChI is InChI=1S/C18H22N4O3/c1-10-14(5-6-15(20-10)12-3-4-12)17(23)19-9-13-7-8-24-16(13)18-21-11(2)22-25-18/h5-6,12-13,16H,3-4,7-9H2,1-2H3,(H,19,23)/t13-,16-/m0/s1. The summed E-state index contributed by atoms with van der Waals surface area (Å²) in [5, 5.41) is 6.82. The number of amides is 1. The average Bonchev–Trinajstić information content (AvgIpc) is 3.19. The Morgan fingerprint density at radius 3 is 2.76 bits per heavy atom. The van der Waals surface area contributed by atoms with E-state index < -0.39 is 0 Å². The van der Waals surface area contributed by atoms with Crippen molar-refractivity contribution in [3.05, 3.63) is 40.8 Å². The van der Waals surface area contributed by atoms with Gasteiger partial charge in [-0.2, -0.15) is 4.98 Å². The van der Waals surface area contributed by atoms with Gasteiger partial charge in [-0.1, -0.05) is 5.16 Å². The molecule has 2 aromatic heterocycles. The first-order valence-corrected chi connectivity index (χ1v) is 8.79. The summed E-state index contributed by atoms with van der Waals surface area (Å²) >= 11 is 0. The van der Waals surface area contributed by atoms with E-state index in [9.17, 15) is 4.79 Å². The van der Waals surface area contributed by atoms with Crippen molar-refractivity contribution in [2.45, 2.75) is 45.1 Å². The van der Waals surface area contributed by atoms with Crippen LogP contribution in [0.4, 0.5) is 0 Å². The summed E-state index contributed by atoms with van der Waals surface area (Å²) < 4.78 is 10.9. The van der Waals surface area contributed by atoms with Gasteiger partial charge >= 0.3 is 0 Å². The maximum Gasteiger partial charge on any atom is 0.256 e. The fourth-order valence-electron chi connectivity index (χ4n) is 3.29. The van der Waals surface area contributed by atoms with Crippen molar-refractivity contribution < 1.29 is 14.1 Å². The van der Waals surface area contributed by atoms with Gasteiger partial charge in [-0.15, -0.1) is 0 Å². The second kappa shape index (κ2) is 6.55. The van der Waals surface area contributed by atoms with Gasteiger partial charge in [0.25, 0.3) is 11.8 Å². The third-order valence-corrected chi connectivity index (χ3v) is 4.87. The Kier molecular flexibility index (Phi) is 4.25. The number of pyridine rings is 1. The summed E-state index contributed by atoms with van der Waals surface area (Å²) in [7, 11) is 0. The predicted octanol–water partition coefficient (Wildman–Crippen LogP) is 2.47. The van der Waals surface area contributed by atoms with Gasteiger partial charge in [-0.25, -0.2) is 0 Å². The molecular formula is C18H22N4O3. The molecule has 3 heterocycles. The first-order chi connectivity index (χ1) is 12.1. The zero-order valence-corrected chi connectivity index (χ0v) is 14.5. The first kappa shape index (κ1) is 16.2. The van der Waals surface area contributed by atoms with E-state index in [0.717, 1.165) is 17.8 Å². The monoisotopic (exact) mass is 342 g/mol. The summed E-state index contributed by atoms with van der Waals surface area (Å²) in [4.78, 5) is 21.4. The number of hydrogen-bond donors (Lipinski definition) is 1. The molecule has 0 aromatic carbocycles. The van der Waals surface area contributed by atoms with Gasteiger partial charge in [-0.05, 0) is 45.2 Å². The molecule has 7 nitrogen and oxygen atoms in total. The first-order valence-electron chi connectivity index (χ1n) is 8.79. The Labute approximate surface area is 146 Å². The average molecular weight is 342 g/mol. The van der Waals surface area contributed by atoms with Crippen LogP contribution >= 0.6 is 0 Å². The van der Waals surface area contributed by atoms with Crippen LogP contribution in [0.1, 0.15) is 64.7 Å². The van der Waals surface area contributed by atoms with Crippen LogP contribution in [0.5, 0.6) is 0 Å². The molecular weight excluding hydrogens is 320 g/mol. The number of carbonyl (C=O) groups is 1. The number of aromatic nitrogens is 3. The van der Waals surface area contributed by atoms with E-state index in [1.807, 2.05) is 19.1 Å². The van der Waals surface area contributed by atoms with Crippen LogP contribution < -0.4 is 5.32 Å². The van der Waals surface area contributed by atoms with E-state index >= 15 is 0 Å². The van der Waals surface area contributed by atoms with Crippen LogP contribution in [0.2, 0.25) is 0 Å². The minimum absolute atomic E-state index is 0.0975. The summed E-state index contributed by atoms with van der Waals surface area (Å²) in [6, 6.07) is 3.86. The van der Waals surface area contributed by atoms with Crippen molar-refractivity contribution in [1.29, 1.82) is 0 Å². The van der Waals surface area contributed by atoms with Crippen molar-refractivity contribution in [2.75, 3.05) is 13.2 Å². The maximum absolute atomic E-state index is 12.5. The van der Waals surface area contributed by atoms with Gasteiger partial charge in [0.1, 0.15) is 6.10 Å². The number of nitrogens with zero attached hydrogens (tertiary/aromatic N) is 3. The number of nitrogens with one attached hydrogen (secondary N) is 1. The fraction of sp³-hybridized carbons (Fsp3) is 0.556. The fourth-order valence-corrected chi connectivity index (χ4v) is 3.29. The molecule has 132 valence electrons. The predicted molar refractivity (Wildman–Crippen MR) is 89.1 cm³/mol. The minimum atomic E-state index is -0.252. The van der Waals surface area contributed by atoms with E-state index in [4.69, 9.17) is 9.26 Å². The smallest absolute Gasteiger partial charge is 0.256 e. The van der Waals surface area contributed by atoms with Crippen LogP contribution in [-0.2, 0) is 4.74 Å². The van der Waals surface area contributed by atoms with Crippen LogP contribution in [0.15, 0.2) is 16.7 Å². The molecule has 1 aliphatic carbocycles. The number of aryl methyl sites for hydroxylation is 2. The molecule has 2 fully saturated rings. The van der Waals surface area contributed by atoms with Gasteiger partial charge in [0, 0.05) is 30.7 Å². The molecule has 2 aromatic rings. The van der Waals surface area contributed by atoms with E-state index in [2.05, 4.69) is 20.4 Å². The molecule has 7 heteroatoms. The van der Waals surface area contributed by atoms with E-state index in [1.54, 1.807) is 6.92 Å². The van der Waals surface area contributed by atoms with Crippen LogP contribution in [-0.4, -0.2) is 34.2 Å². The van der Waals surface area contributed by atoms with Gasteiger partial charge in [0.15, 0.2) is 5.82 Å². The Balaban J connectivity index is 1.39. The van der Waals surface area contributed by atoms with Crippen LogP contribution in [0.25, 0.3) is 0 Å². The highest BCUT2D eigenvalue weighted by Gasteiger charge is 2.34. The molecule has 1 N–H and O–H groups in total. The lowest BCUT2D eigenvalue weighted by molar-refractivity contribution is 0.0613. The van der Waals surface area contributed by atoms with Gasteiger partial charge in [-0.3, -0.25) is 9.78 Å². The van der Waals surface area contributed by atoms with Gasteiger partial charge < -0.3 is 14.6 Å². The molecule has 0 spiro atoms. The van der Waals surface area contributed by atoms with Crippen molar-refractivity contribution in [1.82, 2.24) is 20.4 Å². The van der Waals surface area contributed by atoms with E-state index in [0.29, 0.717) is 36.3 Å². The second-order valence-electron chi connectivity index (χ2n) is 6.87.